The van der Waals surface area contributed by atoms with Crippen LogP contribution in [0.5, 0.6) is 0 Å². The van der Waals surface area contributed by atoms with Crippen molar-refractivity contribution < 1.29 is 4.39 Å². The molecule has 0 aliphatic heterocycles. The highest BCUT2D eigenvalue weighted by molar-refractivity contribution is 6.30. The van der Waals surface area contributed by atoms with E-state index in [4.69, 9.17) is 11.6 Å². The van der Waals surface area contributed by atoms with E-state index in [-0.39, 0.29) is 16.9 Å². The van der Waals surface area contributed by atoms with Crippen LogP contribution in [0, 0.1) is 11.2 Å². The second-order valence-corrected chi connectivity index (χ2v) is 5.49. The zero-order valence-corrected chi connectivity index (χ0v) is 10.4. The fourth-order valence-electron chi connectivity index (χ4n) is 1.69. The van der Waals surface area contributed by atoms with Gasteiger partial charge < -0.3 is 5.32 Å². The fraction of sp³-hybridized carbons (Fsp3) is 0.538. The molecule has 1 fully saturated rings. The summed E-state index contributed by atoms with van der Waals surface area (Å²) in [4.78, 5) is 0. The minimum Gasteiger partial charge on any atom is -0.310 e. The third-order valence-corrected chi connectivity index (χ3v) is 3.69. The Balaban J connectivity index is 1.97. The maximum absolute atomic E-state index is 13.3. The predicted octanol–water partition coefficient (Wildman–Crippen LogP) is 3.93. The van der Waals surface area contributed by atoms with Gasteiger partial charge in [-0.05, 0) is 42.9 Å². The molecule has 1 atom stereocenters. The van der Waals surface area contributed by atoms with Crippen LogP contribution in [0.1, 0.15) is 38.3 Å². The first-order valence-corrected chi connectivity index (χ1v) is 6.06. The average molecular weight is 242 g/mol. The van der Waals surface area contributed by atoms with Gasteiger partial charge in [0.1, 0.15) is 5.82 Å². The molecule has 0 aromatic heterocycles. The van der Waals surface area contributed by atoms with Gasteiger partial charge in [0.2, 0.25) is 0 Å². The van der Waals surface area contributed by atoms with Crippen molar-refractivity contribution in [1.29, 1.82) is 0 Å². The molecule has 1 nitrogen and oxygen atoms in total. The number of halogens is 2. The summed E-state index contributed by atoms with van der Waals surface area (Å²) in [6.07, 6.45) is 2.59. The van der Waals surface area contributed by atoms with Crippen LogP contribution in [0.15, 0.2) is 18.2 Å². The largest absolute Gasteiger partial charge is 0.310 e. The Labute approximate surface area is 101 Å². The maximum atomic E-state index is 13.3. The lowest BCUT2D eigenvalue weighted by Crippen LogP contribution is -2.25. The van der Waals surface area contributed by atoms with Crippen molar-refractivity contribution in [2.24, 2.45) is 5.41 Å². The Kier molecular flexibility index (Phi) is 3.22. The van der Waals surface area contributed by atoms with Crippen LogP contribution in [0.4, 0.5) is 4.39 Å². The lowest BCUT2D eigenvalue weighted by atomic mass is 10.1. The van der Waals surface area contributed by atoms with Crippen molar-refractivity contribution >= 4 is 11.6 Å². The standard InChI is InChI=1S/C13H17ClFN/c1-9(16-8-13(2)5-6-13)10-3-4-11(14)12(15)7-10/h3-4,7,9,16H,5-6,8H2,1-2H3. The normalized spacial score (nSPS) is 19.5. The first-order chi connectivity index (χ1) is 7.50. The lowest BCUT2D eigenvalue weighted by Gasteiger charge is -2.17. The summed E-state index contributed by atoms with van der Waals surface area (Å²) in [6, 6.07) is 5.17. The van der Waals surface area contributed by atoms with Crippen LogP contribution in [-0.2, 0) is 0 Å². The summed E-state index contributed by atoms with van der Waals surface area (Å²) in [5.74, 6) is -0.342. The Morgan fingerprint density at radius 2 is 2.19 bits per heavy atom. The summed E-state index contributed by atoms with van der Waals surface area (Å²) in [5.41, 5.74) is 1.42. The third kappa shape index (κ3) is 2.74. The van der Waals surface area contributed by atoms with Gasteiger partial charge in [-0.2, -0.15) is 0 Å². The Bertz CT molecular complexity index is 388. The molecular formula is C13H17ClFN. The average Bonchev–Trinajstić information content (AvgIpc) is 2.98. The number of nitrogens with one attached hydrogen (secondary N) is 1. The SMILES string of the molecule is CC(NCC1(C)CC1)c1ccc(Cl)c(F)c1. The van der Waals surface area contributed by atoms with Gasteiger partial charge in [0, 0.05) is 12.6 Å². The van der Waals surface area contributed by atoms with Gasteiger partial charge in [0.15, 0.2) is 0 Å². The van der Waals surface area contributed by atoms with Gasteiger partial charge in [-0.15, -0.1) is 0 Å². The minimum atomic E-state index is -0.342. The van der Waals surface area contributed by atoms with Crippen LogP contribution in [0.25, 0.3) is 0 Å². The van der Waals surface area contributed by atoms with E-state index in [0.29, 0.717) is 5.41 Å². The van der Waals surface area contributed by atoms with E-state index in [1.54, 1.807) is 6.07 Å². The quantitative estimate of drug-likeness (QED) is 0.842. The molecule has 0 saturated heterocycles. The highest BCUT2D eigenvalue weighted by atomic mass is 35.5. The topological polar surface area (TPSA) is 12.0 Å². The molecule has 2 rings (SSSR count). The van der Waals surface area contributed by atoms with Gasteiger partial charge in [0.25, 0.3) is 0 Å². The Morgan fingerprint density at radius 1 is 1.50 bits per heavy atom. The summed E-state index contributed by atoms with van der Waals surface area (Å²) < 4.78 is 13.3. The number of hydrogen-bond acceptors (Lipinski definition) is 1. The van der Waals surface area contributed by atoms with E-state index in [0.717, 1.165) is 12.1 Å². The van der Waals surface area contributed by atoms with Crippen LogP contribution >= 0.6 is 11.6 Å². The van der Waals surface area contributed by atoms with E-state index in [9.17, 15) is 4.39 Å². The first kappa shape index (κ1) is 11.9. The van der Waals surface area contributed by atoms with Crippen LogP contribution in [0.2, 0.25) is 5.02 Å². The minimum absolute atomic E-state index is 0.171. The Hall–Kier alpha value is -0.600. The van der Waals surface area contributed by atoms with E-state index in [2.05, 4.69) is 19.2 Å². The molecule has 3 heteroatoms. The molecule has 1 aromatic rings. The summed E-state index contributed by atoms with van der Waals surface area (Å²) in [5, 5.41) is 3.62. The zero-order valence-electron chi connectivity index (χ0n) is 9.69. The van der Waals surface area contributed by atoms with Crippen molar-refractivity contribution in [3.8, 4) is 0 Å². The zero-order chi connectivity index (χ0) is 11.8. The van der Waals surface area contributed by atoms with E-state index < -0.39 is 0 Å². The highest BCUT2D eigenvalue weighted by Crippen LogP contribution is 2.44. The molecular weight excluding hydrogens is 225 g/mol. The van der Waals surface area contributed by atoms with Crippen molar-refractivity contribution in [2.45, 2.75) is 32.7 Å². The van der Waals surface area contributed by atoms with Crippen LogP contribution in [-0.4, -0.2) is 6.54 Å². The number of rotatable bonds is 4. The molecule has 1 aromatic carbocycles. The molecule has 0 spiro atoms. The molecule has 1 aliphatic rings. The molecule has 1 N–H and O–H groups in total. The molecule has 1 aliphatic carbocycles. The summed E-state index contributed by atoms with van der Waals surface area (Å²) in [6.45, 7) is 5.32. The molecule has 1 saturated carbocycles. The van der Waals surface area contributed by atoms with E-state index in [1.165, 1.54) is 18.9 Å². The monoisotopic (exact) mass is 241 g/mol. The maximum Gasteiger partial charge on any atom is 0.142 e. The third-order valence-electron chi connectivity index (χ3n) is 3.38. The van der Waals surface area contributed by atoms with E-state index >= 15 is 0 Å². The second-order valence-electron chi connectivity index (χ2n) is 5.09. The van der Waals surface area contributed by atoms with Crippen LogP contribution in [0.3, 0.4) is 0 Å². The molecule has 0 bridgehead atoms. The number of benzene rings is 1. The van der Waals surface area contributed by atoms with Crippen molar-refractivity contribution in [1.82, 2.24) is 5.32 Å². The molecule has 88 valence electrons. The summed E-state index contributed by atoms with van der Waals surface area (Å²) in [7, 11) is 0. The van der Waals surface area contributed by atoms with Crippen molar-refractivity contribution in [3.63, 3.8) is 0 Å². The van der Waals surface area contributed by atoms with Gasteiger partial charge in [-0.3, -0.25) is 0 Å². The highest BCUT2D eigenvalue weighted by Gasteiger charge is 2.36. The van der Waals surface area contributed by atoms with Crippen LogP contribution < -0.4 is 5.32 Å². The second kappa shape index (κ2) is 4.34. The molecule has 0 heterocycles. The Morgan fingerprint density at radius 3 is 2.75 bits per heavy atom. The van der Waals surface area contributed by atoms with Gasteiger partial charge in [-0.25, -0.2) is 4.39 Å². The van der Waals surface area contributed by atoms with Crippen molar-refractivity contribution in [2.75, 3.05) is 6.54 Å². The van der Waals surface area contributed by atoms with Gasteiger partial charge in [-0.1, -0.05) is 24.6 Å². The van der Waals surface area contributed by atoms with Gasteiger partial charge in [0.05, 0.1) is 5.02 Å². The predicted molar refractivity (Wildman–Crippen MR) is 65.2 cm³/mol. The molecule has 16 heavy (non-hydrogen) atoms. The van der Waals surface area contributed by atoms with Gasteiger partial charge >= 0.3 is 0 Å². The number of hydrogen-bond donors (Lipinski definition) is 1. The smallest absolute Gasteiger partial charge is 0.142 e. The molecule has 0 amide bonds. The lowest BCUT2D eigenvalue weighted by molar-refractivity contribution is 0.456. The molecule has 0 radical (unpaired) electrons. The van der Waals surface area contributed by atoms with Crippen molar-refractivity contribution in [3.05, 3.63) is 34.6 Å². The molecule has 1 unspecified atom stereocenters. The fourth-order valence-corrected chi connectivity index (χ4v) is 1.81. The first-order valence-electron chi connectivity index (χ1n) is 5.68. The van der Waals surface area contributed by atoms with E-state index in [1.807, 2.05) is 6.07 Å². The summed E-state index contributed by atoms with van der Waals surface area (Å²) >= 11 is 5.65.